The molecule has 0 bridgehead atoms. The molecular weight excluding hydrogens is 470 g/mol. The fraction of sp³-hybridized carbons (Fsp3) is 0.300. The predicted molar refractivity (Wildman–Crippen MR) is 108 cm³/mol. The second kappa shape index (κ2) is 8.73. The minimum absolute atomic E-state index is 0.0523. The van der Waals surface area contributed by atoms with Gasteiger partial charge in [0.1, 0.15) is 17.4 Å². The highest BCUT2D eigenvalue weighted by Crippen LogP contribution is 2.39. The molecular formula is C20H18BrF4N3O2. The van der Waals surface area contributed by atoms with Crippen molar-refractivity contribution in [2.45, 2.75) is 32.0 Å². The summed E-state index contributed by atoms with van der Waals surface area (Å²) in [7, 11) is 0. The average Bonchev–Trinajstić information content (AvgIpc) is 2.66. The third-order valence-corrected chi connectivity index (χ3v) is 5.05. The molecule has 0 aliphatic rings. The van der Waals surface area contributed by atoms with Gasteiger partial charge in [-0.25, -0.2) is 9.37 Å². The number of nitrogens with zero attached hydrogens (tertiary/aromatic N) is 1. The van der Waals surface area contributed by atoms with Crippen molar-refractivity contribution in [2.24, 2.45) is 5.73 Å². The summed E-state index contributed by atoms with van der Waals surface area (Å²) in [6.07, 6.45) is -4.08. The summed E-state index contributed by atoms with van der Waals surface area (Å²) in [5.74, 6) is -0.566. The Hall–Kier alpha value is -2.46. The van der Waals surface area contributed by atoms with Gasteiger partial charge in [0.25, 0.3) is 5.56 Å². The largest absolute Gasteiger partial charge is 0.493 e. The quantitative estimate of drug-likeness (QED) is 0.383. The molecule has 5 nitrogen and oxygen atoms in total. The van der Waals surface area contributed by atoms with Crippen LogP contribution in [-0.2, 0) is 12.6 Å². The molecule has 3 aromatic rings. The molecule has 0 aliphatic heterocycles. The van der Waals surface area contributed by atoms with Crippen LogP contribution >= 0.6 is 15.9 Å². The van der Waals surface area contributed by atoms with Crippen molar-refractivity contribution in [3.05, 3.63) is 67.9 Å². The lowest BCUT2D eigenvalue weighted by Crippen LogP contribution is -2.16. The van der Waals surface area contributed by atoms with Gasteiger partial charge < -0.3 is 15.5 Å². The van der Waals surface area contributed by atoms with E-state index in [1.165, 1.54) is 18.2 Å². The van der Waals surface area contributed by atoms with Crippen molar-refractivity contribution in [1.82, 2.24) is 9.97 Å². The number of benzene rings is 2. The number of hydrogen-bond acceptors (Lipinski definition) is 4. The van der Waals surface area contributed by atoms with E-state index in [4.69, 9.17) is 10.5 Å². The number of para-hydroxylation sites is 1. The van der Waals surface area contributed by atoms with E-state index >= 15 is 0 Å². The molecule has 0 radical (unpaired) electrons. The molecule has 0 saturated heterocycles. The number of nitrogens with two attached hydrogens (primary N) is 1. The van der Waals surface area contributed by atoms with E-state index in [-0.39, 0.29) is 52.0 Å². The topological polar surface area (TPSA) is 81.0 Å². The van der Waals surface area contributed by atoms with Gasteiger partial charge in [0.2, 0.25) is 0 Å². The van der Waals surface area contributed by atoms with Gasteiger partial charge in [0.15, 0.2) is 0 Å². The molecule has 3 rings (SSSR count). The SMILES string of the molecule is C[C@@H](N)c1cccc(C(F)(F)F)c1OCCCc1nc2cc(F)c(Br)cc2c(=O)[nH]1. The van der Waals surface area contributed by atoms with Gasteiger partial charge in [-0.05, 0) is 41.4 Å². The Morgan fingerprint density at radius 2 is 2.03 bits per heavy atom. The molecule has 0 amide bonds. The lowest BCUT2D eigenvalue weighted by molar-refractivity contribution is -0.139. The Labute approximate surface area is 177 Å². The van der Waals surface area contributed by atoms with Crippen LogP contribution < -0.4 is 16.0 Å². The number of nitrogens with one attached hydrogen (secondary N) is 1. The van der Waals surface area contributed by atoms with Crippen molar-refractivity contribution < 1.29 is 22.3 Å². The molecule has 160 valence electrons. The highest BCUT2D eigenvalue weighted by atomic mass is 79.9. The van der Waals surface area contributed by atoms with Crippen LogP contribution in [0.15, 0.2) is 39.6 Å². The first kappa shape index (κ1) is 22.2. The lowest BCUT2D eigenvalue weighted by Gasteiger charge is -2.19. The monoisotopic (exact) mass is 487 g/mol. The first-order valence-corrected chi connectivity index (χ1v) is 9.83. The Morgan fingerprint density at radius 3 is 2.70 bits per heavy atom. The van der Waals surface area contributed by atoms with Gasteiger partial charge in [-0.15, -0.1) is 0 Å². The summed E-state index contributed by atoms with van der Waals surface area (Å²) in [5, 5.41) is 0.226. The predicted octanol–water partition coefficient (Wildman–Crippen LogP) is 4.87. The van der Waals surface area contributed by atoms with E-state index in [0.29, 0.717) is 0 Å². The van der Waals surface area contributed by atoms with Gasteiger partial charge in [0, 0.05) is 24.1 Å². The highest BCUT2D eigenvalue weighted by Gasteiger charge is 2.35. The third-order valence-electron chi connectivity index (χ3n) is 4.44. The Bertz CT molecular complexity index is 1130. The van der Waals surface area contributed by atoms with Gasteiger partial charge in [-0.1, -0.05) is 12.1 Å². The molecule has 1 heterocycles. The first-order chi connectivity index (χ1) is 14.1. The first-order valence-electron chi connectivity index (χ1n) is 9.04. The van der Waals surface area contributed by atoms with Gasteiger partial charge in [0.05, 0.1) is 27.5 Å². The number of aryl methyl sites for hydroxylation is 1. The van der Waals surface area contributed by atoms with Crippen LogP contribution in [0.5, 0.6) is 5.75 Å². The zero-order chi connectivity index (χ0) is 22.1. The fourth-order valence-electron chi connectivity index (χ4n) is 3.01. The maximum Gasteiger partial charge on any atom is 0.419 e. The molecule has 1 atom stereocenters. The maximum absolute atomic E-state index is 13.7. The summed E-state index contributed by atoms with van der Waals surface area (Å²) in [5.41, 5.74) is 4.90. The van der Waals surface area contributed by atoms with Crippen LogP contribution in [0.25, 0.3) is 10.9 Å². The van der Waals surface area contributed by atoms with Crippen molar-refractivity contribution in [2.75, 3.05) is 6.61 Å². The van der Waals surface area contributed by atoms with Crippen molar-refractivity contribution >= 4 is 26.8 Å². The number of alkyl halides is 3. The van der Waals surface area contributed by atoms with Crippen LogP contribution in [0, 0.1) is 5.82 Å². The molecule has 10 heteroatoms. The van der Waals surface area contributed by atoms with Crippen molar-refractivity contribution in [3.63, 3.8) is 0 Å². The number of H-pyrrole nitrogens is 1. The average molecular weight is 488 g/mol. The van der Waals surface area contributed by atoms with E-state index < -0.39 is 29.2 Å². The van der Waals surface area contributed by atoms with Crippen LogP contribution in [-0.4, -0.2) is 16.6 Å². The Kier molecular flexibility index (Phi) is 6.47. The summed E-state index contributed by atoms with van der Waals surface area (Å²) < 4.78 is 59.3. The van der Waals surface area contributed by atoms with E-state index in [1.807, 2.05) is 0 Å². The second-order valence-electron chi connectivity index (χ2n) is 6.76. The van der Waals surface area contributed by atoms with Crippen molar-refractivity contribution in [1.29, 1.82) is 0 Å². The lowest BCUT2D eigenvalue weighted by atomic mass is 10.0. The minimum atomic E-state index is -4.58. The second-order valence-corrected chi connectivity index (χ2v) is 7.61. The minimum Gasteiger partial charge on any atom is -0.493 e. The van der Waals surface area contributed by atoms with Gasteiger partial charge in [-0.3, -0.25) is 4.79 Å². The number of hydrogen-bond donors (Lipinski definition) is 2. The zero-order valence-corrected chi connectivity index (χ0v) is 17.4. The molecule has 0 saturated carbocycles. The highest BCUT2D eigenvalue weighted by molar-refractivity contribution is 9.10. The van der Waals surface area contributed by atoms with E-state index in [1.54, 1.807) is 6.92 Å². The summed E-state index contributed by atoms with van der Waals surface area (Å²) in [6, 6.07) is 5.56. The van der Waals surface area contributed by atoms with Gasteiger partial charge >= 0.3 is 6.18 Å². The summed E-state index contributed by atoms with van der Waals surface area (Å²) >= 11 is 3.02. The smallest absolute Gasteiger partial charge is 0.419 e. The number of ether oxygens (including phenoxy) is 1. The van der Waals surface area contributed by atoms with Crippen molar-refractivity contribution in [3.8, 4) is 5.75 Å². The molecule has 3 N–H and O–H groups in total. The number of aromatic nitrogens is 2. The molecule has 1 aromatic heterocycles. The molecule has 2 aromatic carbocycles. The molecule has 0 unspecified atom stereocenters. The number of aromatic amines is 1. The Morgan fingerprint density at radius 1 is 1.30 bits per heavy atom. The summed E-state index contributed by atoms with van der Waals surface area (Å²) in [6.45, 7) is 1.52. The summed E-state index contributed by atoms with van der Waals surface area (Å²) in [4.78, 5) is 19.0. The van der Waals surface area contributed by atoms with Crippen LogP contribution in [0.3, 0.4) is 0 Å². The third kappa shape index (κ3) is 4.81. The van der Waals surface area contributed by atoms with E-state index in [2.05, 4.69) is 25.9 Å². The molecule has 0 aliphatic carbocycles. The van der Waals surface area contributed by atoms with E-state index in [9.17, 15) is 22.4 Å². The van der Waals surface area contributed by atoms with Crippen LogP contribution in [0.2, 0.25) is 0 Å². The molecule has 30 heavy (non-hydrogen) atoms. The zero-order valence-electron chi connectivity index (χ0n) is 15.8. The number of fused-ring (bicyclic) bond motifs is 1. The van der Waals surface area contributed by atoms with Crippen LogP contribution in [0.4, 0.5) is 17.6 Å². The van der Waals surface area contributed by atoms with E-state index in [0.717, 1.165) is 12.1 Å². The maximum atomic E-state index is 13.7. The molecule has 0 fully saturated rings. The van der Waals surface area contributed by atoms with Gasteiger partial charge in [-0.2, -0.15) is 13.2 Å². The van der Waals surface area contributed by atoms with Crippen LogP contribution in [0.1, 0.15) is 36.3 Å². The number of rotatable bonds is 6. The standard InChI is InChI=1S/C20H18BrF4N3O2/c1-10(26)11-4-2-5-13(20(23,24)25)18(11)30-7-3-6-17-27-16-9-15(22)14(21)8-12(16)19(29)28-17/h2,4-5,8-10H,3,6-7,26H2,1H3,(H,27,28,29)/t10-/m1/s1. The fourth-order valence-corrected chi connectivity index (χ4v) is 3.36. The Balaban J connectivity index is 1.76. The molecule has 0 spiro atoms. The number of halogens is 5. The normalized spacial score (nSPS) is 12.9.